The van der Waals surface area contributed by atoms with Crippen molar-refractivity contribution in [1.29, 1.82) is 0 Å². The summed E-state index contributed by atoms with van der Waals surface area (Å²) in [6.45, 7) is 1.78. The predicted octanol–water partition coefficient (Wildman–Crippen LogP) is 4.62. The number of rotatable bonds is 6. The summed E-state index contributed by atoms with van der Waals surface area (Å²) in [5.41, 5.74) is 2.32. The van der Waals surface area contributed by atoms with E-state index in [1.807, 2.05) is 30.3 Å². The van der Waals surface area contributed by atoms with Crippen LogP contribution in [0.15, 0.2) is 47.4 Å². The quantitative estimate of drug-likeness (QED) is 0.605. The first-order chi connectivity index (χ1) is 16.4. The van der Waals surface area contributed by atoms with Gasteiger partial charge in [0.15, 0.2) is 16.4 Å². The van der Waals surface area contributed by atoms with Crippen molar-refractivity contribution in [2.24, 2.45) is 0 Å². The van der Waals surface area contributed by atoms with E-state index in [2.05, 4.69) is 5.32 Å². The monoisotopic (exact) mass is 484 g/mol. The lowest BCUT2D eigenvalue weighted by molar-refractivity contribution is -0.117. The Hall–Kier alpha value is -3.00. The standard InChI is InChI=1S/C26H32N2O5S/c1-18-21-15-23(32-2)24(33-3)16-22(21)28(17-19-11-7-6-8-12-19)34(30,31)25(18)26(29)27-20-13-9-4-5-10-14-20/h6-8,11-12,15-16,20H,4-5,9-10,13-14,17H2,1-3H3,(H,27,29). The number of fused-ring (bicyclic) bond motifs is 1. The van der Waals surface area contributed by atoms with Gasteiger partial charge in [-0.25, -0.2) is 8.42 Å². The molecule has 1 heterocycles. The summed E-state index contributed by atoms with van der Waals surface area (Å²) in [7, 11) is -1.08. The van der Waals surface area contributed by atoms with Gasteiger partial charge in [-0.2, -0.15) is 0 Å². The maximum atomic E-state index is 13.9. The molecule has 2 aromatic rings. The molecule has 0 unspecified atom stereocenters. The van der Waals surface area contributed by atoms with Crippen molar-refractivity contribution in [3.63, 3.8) is 0 Å². The number of ether oxygens (including phenoxy) is 2. The van der Waals surface area contributed by atoms with Crippen LogP contribution in [0.3, 0.4) is 0 Å². The van der Waals surface area contributed by atoms with Crippen LogP contribution < -0.4 is 19.1 Å². The second kappa shape index (κ2) is 10.1. The molecule has 2 aromatic carbocycles. The number of benzene rings is 2. The van der Waals surface area contributed by atoms with E-state index in [1.165, 1.54) is 18.5 Å². The summed E-state index contributed by atoms with van der Waals surface area (Å²) in [5, 5.41) is 3.02. The number of sulfonamides is 1. The van der Waals surface area contributed by atoms with Crippen molar-refractivity contribution < 1.29 is 22.7 Å². The second-order valence-electron chi connectivity index (χ2n) is 8.84. The molecule has 1 N–H and O–H groups in total. The minimum Gasteiger partial charge on any atom is -0.493 e. The van der Waals surface area contributed by atoms with Crippen molar-refractivity contribution in [2.45, 2.75) is 58.0 Å². The number of carbonyl (C=O) groups excluding carboxylic acids is 1. The van der Waals surface area contributed by atoms with Gasteiger partial charge in [0, 0.05) is 17.7 Å². The fraction of sp³-hybridized carbons (Fsp3) is 0.423. The first-order valence-corrected chi connectivity index (χ1v) is 13.2. The second-order valence-corrected chi connectivity index (χ2v) is 10.6. The number of methoxy groups -OCH3 is 2. The molecule has 1 aliphatic heterocycles. The molecule has 1 amide bonds. The predicted molar refractivity (Wildman–Crippen MR) is 133 cm³/mol. The third-order valence-corrected chi connectivity index (χ3v) is 8.54. The number of allylic oxidation sites excluding steroid dienone is 1. The van der Waals surface area contributed by atoms with Crippen molar-refractivity contribution >= 4 is 27.2 Å². The first kappa shape index (κ1) is 24.1. The molecule has 4 rings (SSSR count). The molecule has 2 aliphatic rings. The van der Waals surface area contributed by atoms with Crippen LogP contribution >= 0.6 is 0 Å². The smallest absolute Gasteiger partial charge is 0.270 e. The number of carbonyl (C=O) groups is 1. The average molecular weight is 485 g/mol. The summed E-state index contributed by atoms with van der Waals surface area (Å²) in [6, 6.07) is 12.7. The van der Waals surface area contributed by atoms with Crippen molar-refractivity contribution in [1.82, 2.24) is 5.32 Å². The van der Waals surface area contributed by atoms with Gasteiger partial charge in [-0.15, -0.1) is 0 Å². The third-order valence-electron chi connectivity index (χ3n) is 6.63. The van der Waals surface area contributed by atoms with Gasteiger partial charge in [0.2, 0.25) is 0 Å². The molecule has 0 atom stereocenters. The fourth-order valence-corrected chi connectivity index (χ4v) is 6.55. The molecule has 182 valence electrons. The van der Waals surface area contributed by atoms with Crippen molar-refractivity contribution in [3.8, 4) is 11.5 Å². The largest absolute Gasteiger partial charge is 0.493 e. The Bertz CT molecular complexity index is 1180. The molecule has 0 bridgehead atoms. The molecular weight excluding hydrogens is 452 g/mol. The molecule has 0 saturated heterocycles. The van der Waals surface area contributed by atoms with Crippen LogP contribution in [0, 0.1) is 0 Å². The van der Waals surface area contributed by atoms with E-state index in [1.54, 1.807) is 19.1 Å². The third kappa shape index (κ3) is 4.64. The SMILES string of the molecule is COc1cc2c(cc1OC)N(Cc1ccccc1)S(=O)(=O)C(C(=O)NC1CCCCCC1)=C2C. The van der Waals surface area contributed by atoms with E-state index in [-0.39, 0.29) is 17.5 Å². The molecule has 7 nitrogen and oxygen atoms in total. The molecular formula is C26H32N2O5S. The summed E-state index contributed by atoms with van der Waals surface area (Å²) in [4.78, 5) is 13.3. The molecule has 0 aromatic heterocycles. The minimum absolute atomic E-state index is 0.0140. The molecule has 34 heavy (non-hydrogen) atoms. The average Bonchev–Trinajstić information content (AvgIpc) is 3.10. The van der Waals surface area contributed by atoms with Crippen molar-refractivity contribution in [3.05, 3.63) is 58.5 Å². The summed E-state index contributed by atoms with van der Waals surface area (Å²) >= 11 is 0. The maximum Gasteiger partial charge on any atom is 0.270 e. The summed E-state index contributed by atoms with van der Waals surface area (Å²) in [6.07, 6.45) is 6.10. The fourth-order valence-electron chi connectivity index (χ4n) is 4.81. The van der Waals surface area contributed by atoms with Crippen LogP contribution in [0.4, 0.5) is 5.69 Å². The van der Waals surface area contributed by atoms with Gasteiger partial charge in [0.1, 0.15) is 0 Å². The van der Waals surface area contributed by atoms with Gasteiger partial charge in [0.05, 0.1) is 26.5 Å². The Morgan fingerprint density at radius 1 is 1.00 bits per heavy atom. The Labute approximate surface area is 201 Å². The highest BCUT2D eigenvalue weighted by atomic mass is 32.2. The number of nitrogens with one attached hydrogen (secondary N) is 1. The lowest BCUT2D eigenvalue weighted by Gasteiger charge is -2.33. The van der Waals surface area contributed by atoms with E-state index in [9.17, 15) is 13.2 Å². The molecule has 0 radical (unpaired) electrons. The zero-order valence-electron chi connectivity index (χ0n) is 20.0. The normalized spacial score (nSPS) is 18.1. The van der Waals surface area contributed by atoms with Gasteiger partial charge in [-0.3, -0.25) is 9.10 Å². The molecule has 8 heteroatoms. The van der Waals surface area contributed by atoms with Crippen LogP contribution in [-0.4, -0.2) is 34.6 Å². The zero-order valence-corrected chi connectivity index (χ0v) is 20.8. The van der Waals surface area contributed by atoms with E-state index in [4.69, 9.17) is 9.47 Å². The number of amides is 1. The minimum atomic E-state index is -4.12. The summed E-state index contributed by atoms with van der Waals surface area (Å²) in [5.74, 6) is 0.361. The van der Waals surface area contributed by atoms with E-state index in [0.29, 0.717) is 28.3 Å². The first-order valence-electron chi connectivity index (χ1n) is 11.7. The molecule has 0 spiro atoms. The van der Waals surface area contributed by atoms with Crippen molar-refractivity contribution in [2.75, 3.05) is 18.5 Å². The number of anilines is 1. The van der Waals surface area contributed by atoms with Gasteiger partial charge < -0.3 is 14.8 Å². The summed E-state index contributed by atoms with van der Waals surface area (Å²) < 4.78 is 40.1. The van der Waals surface area contributed by atoms with Crippen LogP contribution in [0.1, 0.15) is 56.6 Å². The highest BCUT2D eigenvalue weighted by molar-refractivity contribution is 7.97. The van der Waals surface area contributed by atoms with Gasteiger partial charge in [-0.05, 0) is 37.0 Å². The topological polar surface area (TPSA) is 84.9 Å². The molecule has 1 aliphatic carbocycles. The van der Waals surface area contributed by atoms with Crippen LogP contribution in [-0.2, 0) is 21.4 Å². The maximum absolute atomic E-state index is 13.9. The van der Waals surface area contributed by atoms with Crippen LogP contribution in [0.5, 0.6) is 11.5 Å². The van der Waals surface area contributed by atoms with Crippen LogP contribution in [0.2, 0.25) is 0 Å². The Balaban J connectivity index is 1.82. The lowest BCUT2D eigenvalue weighted by atomic mass is 10.0. The lowest BCUT2D eigenvalue weighted by Crippen LogP contribution is -2.43. The van der Waals surface area contributed by atoms with Gasteiger partial charge in [0.25, 0.3) is 15.9 Å². The molecule has 1 saturated carbocycles. The Morgan fingerprint density at radius 2 is 1.62 bits per heavy atom. The number of nitrogens with zero attached hydrogens (tertiary/aromatic N) is 1. The van der Waals surface area contributed by atoms with E-state index in [0.717, 1.165) is 44.1 Å². The Kier molecular flexibility index (Phi) is 7.16. The highest BCUT2D eigenvalue weighted by Gasteiger charge is 2.40. The molecule has 1 fully saturated rings. The van der Waals surface area contributed by atoms with Gasteiger partial charge in [-0.1, -0.05) is 56.0 Å². The number of hydrogen-bond donors (Lipinski definition) is 1. The highest BCUT2D eigenvalue weighted by Crippen LogP contribution is 2.45. The zero-order chi connectivity index (χ0) is 24.3. The van der Waals surface area contributed by atoms with E-state index >= 15 is 0 Å². The Morgan fingerprint density at radius 3 is 2.24 bits per heavy atom. The number of hydrogen-bond acceptors (Lipinski definition) is 5. The van der Waals surface area contributed by atoms with Crippen LogP contribution in [0.25, 0.3) is 5.57 Å². The van der Waals surface area contributed by atoms with E-state index < -0.39 is 15.9 Å². The van der Waals surface area contributed by atoms with Gasteiger partial charge >= 0.3 is 0 Å².